The highest BCUT2D eigenvalue weighted by atomic mass is 79.9. The molecule has 3 rings (SSSR count). The molecule has 1 fully saturated rings. The van der Waals surface area contributed by atoms with E-state index < -0.39 is 0 Å². The quantitative estimate of drug-likeness (QED) is 0.722. The Balaban J connectivity index is 2.12. The third-order valence-electron chi connectivity index (χ3n) is 3.29. The van der Waals surface area contributed by atoms with E-state index in [1.54, 1.807) is 0 Å². The molecule has 0 aromatic heterocycles. The van der Waals surface area contributed by atoms with E-state index in [-0.39, 0.29) is 5.91 Å². The highest BCUT2D eigenvalue weighted by Crippen LogP contribution is 2.37. The Morgan fingerprint density at radius 3 is 2.71 bits per heavy atom. The van der Waals surface area contributed by atoms with Crippen molar-refractivity contribution in [1.82, 2.24) is 5.32 Å². The number of halogens is 1. The van der Waals surface area contributed by atoms with Crippen molar-refractivity contribution in [2.45, 2.75) is 12.8 Å². The number of carbonyl (C=O) groups is 1. The summed E-state index contributed by atoms with van der Waals surface area (Å²) in [5.74, 6) is 0.0509. The van der Waals surface area contributed by atoms with E-state index in [9.17, 15) is 4.79 Å². The molecule has 0 saturated carbocycles. The zero-order valence-electron chi connectivity index (χ0n) is 9.35. The predicted molar refractivity (Wildman–Crippen MR) is 71.8 cm³/mol. The molecule has 1 aromatic rings. The first-order valence-corrected chi connectivity index (χ1v) is 6.59. The average Bonchev–Trinajstić information content (AvgIpc) is 2.65. The van der Waals surface area contributed by atoms with E-state index in [1.165, 1.54) is 5.57 Å². The molecular weight excluding hydrogens is 280 g/mol. The highest BCUT2D eigenvalue weighted by molar-refractivity contribution is 9.10. The third kappa shape index (κ3) is 1.91. The van der Waals surface area contributed by atoms with Crippen LogP contribution in [0, 0.1) is 0 Å². The fourth-order valence-electron chi connectivity index (χ4n) is 2.47. The molecule has 1 aromatic carbocycles. The first-order chi connectivity index (χ1) is 8.25. The van der Waals surface area contributed by atoms with E-state index in [1.807, 2.05) is 18.2 Å². The summed E-state index contributed by atoms with van der Waals surface area (Å²) in [5.41, 5.74) is 4.14. The van der Waals surface area contributed by atoms with Crippen LogP contribution in [0.4, 0.5) is 5.69 Å². The van der Waals surface area contributed by atoms with Gasteiger partial charge in [0.2, 0.25) is 0 Å². The van der Waals surface area contributed by atoms with E-state index >= 15 is 0 Å². The molecule has 0 aliphatic carbocycles. The van der Waals surface area contributed by atoms with Crippen LogP contribution in [0.5, 0.6) is 0 Å². The van der Waals surface area contributed by atoms with Crippen LogP contribution in [0.25, 0.3) is 5.57 Å². The van der Waals surface area contributed by atoms with Gasteiger partial charge >= 0.3 is 0 Å². The largest absolute Gasteiger partial charge is 0.321 e. The molecule has 0 radical (unpaired) electrons. The first-order valence-electron chi connectivity index (χ1n) is 5.80. The van der Waals surface area contributed by atoms with Gasteiger partial charge in [-0.05, 0) is 44.1 Å². The number of fused-ring (bicyclic) bond motifs is 1. The topological polar surface area (TPSA) is 41.1 Å². The van der Waals surface area contributed by atoms with Crippen LogP contribution < -0.4 is 10.6 Å². The van der Waals surface area contributed by atoms with Gasteiger partial charge in [-0.2, -0.15) is 0 Å². The molecule has 1 saturated heterocycles. The maximum absolute atomic E-state index is 12.0. The van der Waals surface area contributed by atoms with Crippen molar-refractivity contribution in [3.05, 3.63) is 33.8 Å². The summed E-state index contributed by atoms with van der Waals surface area (Å²) >= 11 is 3.46. The Bertz CT molecular complexity index is 514. The minimum Gasteiger partial charge on any atom is -0.321 e. The van der Waals surface area contributed by atoms with Crippen molar-refractivity contribution >= 4 is 33.1 Å². The normalized spacial score (nSPS) is 19.2. The second-order valence-electron chi connectivity index (χ2n) is 4.37. The molecule has 17 heavy (non-hydrogen) atoms. The number of nitrogens with one attached hydrogen (secondary N) is 2. The average molecular weight is 293 g/mol. The Morgan fingerprint density at radius 1 is 1.18 bits per heavy atom. The predicted octanol–water partition coefficient (Wildman–Crippen LogP) is 2.54. The van der Waals surface area contributed by atoms with Gasteiger partial charge < -0.3 is 10.6 Å². The minimum absolute atomic E-state index is 0.0509. The van der Waals surface area contributed by atoms with Crippen LogP contribution in [0.3, 0.4) is 0 Å². The number of rotatable bonds is 0. The van der Waals surface area contributed by atoms with Crippen LogP contribution in [-0.2, 0) is 4.79 Å². The number of amides is 1. The molecule has 4 heteroatoms. The molecule has 0 bridgehead atoms. The van der Waals surface area contributed by atoms with E-state index in [4.69, 9.17) is 0 Å². The SMILES string of the molecule is O=C1Nc2ccc(Br)cc2C1=C1CCNCC1. The summed E-state index contributed by atoms with van der Waals surface area (Å²) in [7, 11) is 0. The van der Waals surface area contributed by atoms with E-state index in [0.717, 1.165) is 47.2 Å². The zero-order chi connectivity index (χ0) is 11.8. The second-order valence-corrected chi connectivity index (χ2v) is 5.29. The van der Waals surface area contributed by atoms with Crippen LogP contribution in [0.15, 0.2) is 28.2 Å². The zero-order valence-corrected chi connectivity index (χ0v) is 10.9. The Labute approximate surface area is 108 Å². The molecule has 2 aliphatic heterocycles. The number of hydrogen-bond donors (Lipinski definition) is 2. The van der Waals surface area contributed by atoms with Crippen LogP contribution in [0.1, 0.15) is 18.4 Å². The maximum Gasteiger partial charge on any atom is 0.256 e. The summed E-state index contributed by atoms with van der Waals surface area (Å²) < 4.78 is 1.01. The van der Waals surface area contributed by atoms with Crippen LogP contribution in [0.2, 0.25) is 0 Å². The highest BCUT2D eigenvalue weighted by Gasteiger charge is 2.27. The van der Waals surface area contributed by atoms with Gasteiger partial charge in [0.1, 0.15) is 0 Å². The summed E-state index contributed by atoms with van der Waals surface area (Å²) in [4.78, 5) is 12.0. The molecular formula is C13H13BrN2O. The van der Waals surface area contributed by atoms with E-state index in [2.05, 4.69) is 26.6 Å². The molecule has 0 spiro atoms. The standard InChI is InChI=1S/C13H13BrN2O/c14-9-1-2-11-10(7-9)12(13(17)16-11)8-3-5-15-6-4-8/h1-2,7,15H,3-6H2,(H,16,17). The lowest BCUT2D eigenvalue weighted by Crippen LogP contribution is -2.24. The van der Waals surface area contributed by atoms with Gasteiger partial charge in [0.05, 0.1) is 0 Å². The summed E-state index contributed by atoms with van der Waals surface area (Å²) in [6.07, 6.45) is 1.93. The molecule has 0 unspecified atom stereocenters. The van der Waals surface area contributed by atoms with Gasteiger partial charge in [0, 0.05) is 21.3 Å². The fraction of sp³-hybridized carbons (Fsp3) is 0.308. The Kier molecular flexibility index (Phi) is 2.76. The monoisotopic (exact) mass is 292 g/mol. The van der Waals surface area contributed by atoms with E-state index in [0.29, 0.717) is 0 Å². The van der Waals surface area contributed by atoms with Gasteiger partial charge in [-0.25, -0.2) is 0 Å². The number of carbonyl (C=O) groups excluding carboxylic acids is 1. The van der Waals surface area contributed by atoms with Crippen molar-refractivity contribution in [1.29, 1.82) is 0 Å². The first kappa shape index (κ1) is 11.0. The Hall–Kier alpha value is -1.13. The lowest BCUT2D eigenvalue weighted by Gasteiger charge is -2.17. The number of hydrogen-bond acceptors (Lipinski definition) is 2. The van der Waals surface area contributed by atoms with Gasteiger partial charge in [-0.3, -0.25) is 4.79 Å². The molecule has 2 aliphatic rings. The number of benzene rings is 1. The van der Waals surface area contributed by atoms with Crippen LogP contribution in [-0.4, -0.2) is 19.0 Å². The van der Waals surface area contributed by atoms with Crippen molar-refractivity contribution in [2.24, 2.45) is 0 Å². The van der Waals surface area contributed by atoms with Gasteiger partial charge in [-0.1, -0.05) is 21.5 Å². The summed E-state index contributed by atoms with van der Waals surface area (Å²) in [6, 6.07) is 5.93. The molecule has 0 atom stereocenters. The lowest BCUT2D eigenvalue weighted by atomic mass is 9.95. The van der Waals surface area contributed by atoms with Gasteiger partial charge in [-0.15, -0.1) is 0 Å². The minimum atomic E-state index is 0.0509. The lowest BCUT2D eigenvalue weighted by molar-refractivity contribution is -0.110. The smallest absolute Gasteiger partial charge is 0.256 e. The molecule has 2 N–H and O–H groups in total. The fourth-order valence-corrected chi connectivity index (χ4v) is 2.83. The maximum atomic E-state index is 12.0. The molecule has 88 valence electrons. The summed E-state index contributed by atoms with van der Waals surface area (Å²) in [5, 5.41) is 6.25. The van der Waals surface area contributed by atoms with Crippen molar-refractivity contribution in [3.8, 4) is 0 Å². The molecule has 3 nitrogen and oxygen atoms in total. The molecule has 2 heterocycles. The van der Waals surface area contributed by atoms with Gasteiger partial charge in [0.15, 0.2) is 0 Å². The van der Waals surface area contributed by atoms with Crippen LogP contribution >= 0.6 is 15.9 Å². The van der Waals surface area contributed by atoms with Crippen molar-refractivity contribution < 1.29 is 4.79 Å². The second kappa shape index (κ2) is 4.27. The number of anilines is 1. The van der Waals surface area contributed by atoms with Crippen molar-refractivity contribution in [2.75, 3.05) is 18.4 Å². The Morgan fingerprint density at radius 2 is 1.94 bits per heavy atom. The summed E-state index contributed by atoms with van der Waals surface area (Å²) in [6.45, 7) is 1.94. The number of piperidine rings is 1. The molecule has 1 amide bonds. The third-order valence-corrected chi connectivity index (χ3v) is 3.78. The van der Waals surface area contributed by atoms with Gasteiger partial charge in [0.25, 0.3) is 5.91 Å². The van der Waals surface area contributed by atoms with Crippen molar-refractivity contribution in [3.63, 3.8) is 0 Å².